The van der Waals surface area contributed by atoms with Gasteiger partial charge in [-0.15, -0.1) is 0 Å². The largest absolute Gasteiger partial charge is 0.374 e. The van der Waals surface area contributed by atoms with Gasteiger partial charge in [0.2, 0.25) is 0 Å². The fourth-order valence-corrected chi connectivity index (χ4v) is 6.92. The van der Waals surface area contributed by atoms with Crippen molar-refractivity contribution in [2.24, 2.45) is 0 Å². The molecule has 44 heavy (non-hydrogen) atoms. The summed E-state index contributed by atoms with van der Waals surface area (Å²) in [5, 5.41) is 8.89. The van der Waals surface area contributed by atoms with Crippen molar-refractivity contribution in [2.45, 2.75) is 6.04 Å². The summed E-state index contributed by atoms with van der Waals surface area (Å²) >= 11 is 0. The minimum Gasteiger partial charge on any atom is -0.374 e. The van der Waals surface area contributed by atoms with E-state index in [-0.39, 0.29) is 6.04 Å². The fourth-order valence-electron chi connectivity index (χ4n) is 6.92. The smallest absolute Gasteiger partial charge is 0.0701 e. The van der Waals surface area contributed by atoms with Gasteiger partial charge in [-0.1, -0.05) is 109 Å². The van der Waals surface area contributed by atoms with Crippen LogP contribution in [0.2, 0.25) is 0 Å². The molecule has 0 aliphatic carbocycles. The van der Waals surface area contributed by atoms with E-state index in [0.717, 1.165) is 11.4 Å². The van der Waals surface area contributed by atoms with Crippen molar-refractivity contribution >= 4 is 49.3 Å². The first-order valence-electron chi connectivity index (χ1n) is 15.2. The van der Waals surface area contributed by atoms with Crippen LogP contribution in [-0.2, 0) is 0 Å². The Hall–Kier alpha value is -5.80. The highest BCUT2D eigenvalue weighted by Gasteiger charge is 2.17. The molecule has 1 aliphatic rings. The fraction of sp³-hybridized carbons (Fsp3) is 0.0244. The number of nitrogens with one attached hydrogen (secondary N) is 1. The summed E-state index contributed by atoms with van der Waals surface area (Å²) in [6.45, 7) is 0. The summed E-state index contributed by atoms with van der Waals surface area (Å²) in [7, 11) is 0. The molecule has 3 nitrogen and oxygen atoms in total. The first-order valence-corrected chi connectivity index (χ1v) is 15.2. The lowest BCUT2D eigenvalue weighted by Crippen LogP contribution is -2.20. The summed E-state index contributed by atoms with van der Waals surface area (Å²) in [4.78, 5) is 0. The van der Waals surface area contributed by atoms with Gasteiger partial charge in [0.25, 0.3) is 0 Å². The molecule has 3 heteroatoms. The second-order valence-electron chi connectivity index (χ2n) is 11.5. The van der Waals surface area contributed by atoms with E-state index in [9.17, 15) is 0 Å². The van der Waals surface area contributed by atoms with Crippen LogP contribution in [0.25, 0.3) is 60.7 Å². The average Bonchev–Trinajstić information content (AvgIpc) is 3.62. The summed E-state index contributed by atoms with van der Waals surface area (Å²) in [5.41, 5.74) is 10.8. The Labute approximate surface area is 255 Å². The molecular weight excluding hydrogens is 534 g/mol. The number of hydrogen-bond acceptors (Lipinski definition) is 1. The lowest BCUT2D eigenvalue weighted by molar-refractivity contribution is 0.763. The number of fused-ring (bicyclic) bond motifs is 6. The Morgan fingerprint density at radius 2 is 0.841 bits per heavy atom. The van der Waals surface area contributed by atoms with Crippen molar-refractivity contribution in [2.75, 3.05) is 0 Å². The van der Waals surface area contributed by atoms with E-state index in [4.69, 9.17) is 0 Å². The molecule has 0 amide bonds. The minimum absolute atomic E-state index is 0.0965. The zero-order valence-corrected chi connectivity index (χ0v) is 24.1. The molecule has 1 unspecified atom stereocenters. The minimum atomic E-state index is 0.0965. The lowest BCUT2D eigenvalue weighted by Gasteiger charge is -2.23. The van der Waals surface area contributed by atoms with Gasteiger partial charge in [0.05, 0.1) is 28.1 Å². The van der Waals surface area contributed by atoms with Crippen molar-refractivity contribution in [3.8, 4) is 11.4 Å². The Morgan fingerprint density at radius 3 is 1.30 bits per heavy atom. The van der Waals surface area contributed by atoms with Crippen molar-refractivity contribution in [3.63, 3.8) is 0 Å². The summed E-state index contributed by atoms with van der Waals surface area (Å²) in [5.74, 6) is 0. The molecule has 0 fully saturated rings. The zero-order chi connectivity index (χ0) is 29.0. The molecule has 0 spiro atoms. The van der Waals surface area contributed by atoms with Gasteiger partial charge < -0.3 is 14.5 Å². The molecule has 208 valence electrons. The average molecular weight is 564 g/mol. The quantitative estimate of drug-likeness (QED) is 0.226. The molecule has 6 aromatic carbocycles. The molecule has 1 atom stereocenters. The molecule has 3 heterocycles. The number of nitrogens with zero attached hydrogens (tertiary/aromatic N) is 2. The number of dihydropyridines is 1. The normalized spacial score (nSPS) is 14.8. The zero-order valence-electron chi connectivity index (χ0n) is 24.1. The third kappa shape index (κ3) is 3.83. The van der Waals surface area contributed by atoms with Gasteiger partial charge >= 0.3 is 0 Å². The molecule has 0 saturated heterocycles. The van der Waals surface area contributed by atoms with Gasteiger partial charge in [0, 0.05) is 38.6 Å². The van der Waals surface area contributed by atoms with Gasteiger partial charge in [-0.3, -0.25) is 0 Å². The molecule has 8 aromatic rings. The SMILES string of the molecule is C1=CC(c2ccc(-n3c4ccccc4c4ccccc43)cc2)NC(c2ccc(-n3c4ccccc4c4ccccc43)cc2)=C1. The van der Waals surface area contributed by atoms with Crippen LogP contribution in [0.3, 0.4) is 0 Å². The van der Waals surface area contributed by atoms with E-state index < -0.39 is 0 Å². The number of para-hydroxylation sites is 4. The molecule has 2 aromatic heterocycles. The predicted octanol–water partition coefficient (Wildman–Crippen LogP) is 10.1. The highest BCUT2D eigenvalue weighted by molar-refractivity contribution is 6.10. The predicted molar refractivity (Wildman–Crippen MR) is 185 cm³/mol. The summed E-state index contributed by atoms with van der Waals surface area (Å²) < 4.78 is 4.72. The van der Waals surface area contributed by atoms with E-state index in [1.54, 1.807) is 0 Å². The third-order valence-corrected chi connectivity index (χ3v) is 8.98. The number of aromatic nitrogens is 2. The highest BCUT2D eigenvalue weighted by Crippen LogP contribution is 2.34. The van der Waals surface area contributed by atoms with E-state index in [0.29, 0.717) is 0 Å². The van der Waals surface area contributed by atoms with Crippen molar-refractivity contribution in [3.05, 3.63) is 175 Å². The van der Waals surface area contributed by atoms with E-state index in [1.165, 1.54) is 60.4 Å². The van der Waals surface area contributed by atoms with Crippen LogP contribution in [-0.4, -0.2) is 9.13 Å². The monoisotopic (exact) mass is 563 g/mol. The maximum absolute atomic E-state index is 3.77. The first-order chi connectivity index (χ1) is 21.8. The van der Waals surface area contributed by atoms with E-state index >= 15 is 0 Å². The van der Waals surface area contributed by atoms with E-state index in [2.05, 4.69) is 178 Å². The van der Waals surface area contributed by atoms with Crippen molar-refractivity contribution in [1.82, 2.24) is 14.5 Å². The van der Waals surface area contributed by atoms with Crippen molar-refractivity contribution in [1.29, 1.82) is 0 Å². The second-order valence-corrected chi connectivity index (χ2v) is 11.5. The van der Waals surface area contributed by atoms with Gasteiger partial charge in [-0.25, -0.2) is 0 Å². The third-order valence-electron chi connectivity index (χ3n) is 8.98. The van der Waals surface area contributed by atoms with Crippen molar-refractivity contribution < 1.29 is 0 Å². The standard InChI is InChI=1S/C41H29N3/c1-5-16-38-32(10-1)33-11-2-6-17-39(33)43(38)30-24-20-28(21-25-30)36-14-9-15-37(42-36)29-22-26-31(27-23-29)44-40-18-7-3-12-34(40)35-13-4-8-19-41(35)44/h1-27,36,42H. The molecule has 1 N–H and O–H groups in total. The van der Waals surface area contributed by atoms with Crippen LogP contribution in [0.4, 0.5) is 0 Å². The lowest BCUT2D eigenvalue weighted by atomic mass is 10.0. The van der Waals surface area contributed by atoms with Gasteiger partial charge in [0.15, 0.2) is 0 Å². The summed E-state index contributed by atoms with van der Waals surface area (Å²) in [6, 6.07) is 52.6. The van der Waals surface area contributed by atoms with Crippen LogP contribution < -0.4 is 5.32 Å². The molecule has 0 bridgehead atoms. The van der Waals surface area contributed by atoms with Crippen LogP contribution in [0, 0.1) is 0 Å². The topological polar surface area (TPSA) is 21.9 Å². The van der Waals surface area contributed by atoms with Crippen LogP contribution in [0.5, 0.6) is 0 Å². The maximum Gasteiger partial charge on any atom is 0.0701 e. The number of allylic oxidation sites excluding steroid dienone is 2. The Kier molecular flexibility index (Phi) is 5.57. The molecule has 1 aliphatic heterocycles. The molecule has 0 radical (unpaired) electrons. The summed E-state index contributed by atoms with van der Waals surface area (Å²) in [6.07, 6.45) is 6.56. The second kappa shape index (κ2) is 9.89. The maximum atomic E-state index is 3.77. The Morgan fingerprint density at radius 1 is 0.432 bits per heavy atom. The van der Waals surface area contributed by atoms with Crippen LogP contribution in [0.15, 0.2) is 164 Å². The van der Waals surface area contributed by atoms with Gasteiger partial charge in [0.1, 0.15) is 0 Å². The first kappa shape index (κ1) is 24.8. The van der Waals surface area contributed by atoms with Crippen LogP contribution in [0.1, 0.15) is 17.2 Å². The number of rotatable bonds is 4. The van der Waals surface area contributed by atoms with Gasteiger partial charge in [-0.05, 0) is 65.7 Å². The van der Waals surface area contributed by atoms with Crippen LogP contribution >= 0.6 is 0 Å². The van der Waals surface area contributed by atoms with Gasteiger partial charge in [-0.2, -0.15) is 0 Å². The Balaban J connectivity index is 1.01. The molecular formula is C41H29N3. The van der Waals surface area contributed by atoms with E-state index in [1.807, 2.05) is 0 Å². The molecule has 9 rings (SSSR count). The Bertz CT molecular complexity index is 2290. The number of hydrogen-bond donors (Lipinski definition) is 1. The highest BCUT2D eigenvalue weighted by atomic mass is 15.0. The number of benzene rings is 6. The molecule has 0 saturated carbocycles.